The van der Waals surface area contributed by atoms with Crippen molar-refractivity contribution >= 4 is 45.0 Å². The van der Waals surface area contributed by atoms with Crippen molar-refractivity contribution < 1.29 is 18.7 Å². The molecule has 12 heteroatoms. The lowest BCUT2D eigenvalue weighted by Gasteiger charge is -2.19. The number of methoxy groups -OCH3 is 1. The molecular formula is C24H26ClFN4O5S. The summed E-state index contributed by atoms with van der Waals surface area (Å²) in [4.78, 5) is 53.7. The van der Waals surface area contributed by atoms with Gasteiger partial charge >= 0.3 is 5.69 Å². The number of hydrogen-bond acceptors (Lipinski definition) is 6. The second-order valence-corrected chi connectivity index (χ2v) is 10.2. The Morgan fingerprint density at radius 3 is 2.72 bits per heavy atom. The topological polar surface area (TPSA) is 103 Å². The maximum atomic E-state index is 14.1. The fourth-order valence-electron chi connectivity index (χ4n) is 4.31. The molecule has 0 aliphatic carbocycles. The van der Waals surface area contributed by atoms with Crippen LogP contribution in [0.5, 0.6) is 5.75 Å². The minimum atomic E-state index is -0.625. The van der Waals surface area contributed by atoms with E-state index < -0.39 is 23.1 Å². The second-order valence-electron chi connectivity index (χ2n) is 8.79. The van der Waals surface area contributed by atoms with Crippen LogP contribution in [0.3, 0.4) is 0 Å². The summed E-state index contributed by atoms with van der Waals surface area (Å²) in [5.41, 5.74) is -0.290. The van der Waals surface area contributed by atoms with E-state index in [2.05, 4.69) is 5.32 Å². The van der Waals surface area contributed by atoms with Crippen molar-refractivity contribution in [3.8, 4) is 16.2 Å². The molecule has 1 fully saturated rings. The number of aromatic nitrogens is 2. The van der Waals surface area contributed by atoms with Gasteiger partial charge in [-0.3, -0.25) is 23.5 Å². The van der Waals surface area contributed by atoms with Gasteiger partial charge in [0.25, 0.3) is 5.56 Å². The third-order valence-electron chi connectivity index (χ3n) is 6.23. The Hall–Kier alpha value is -3.18. The van der Waals surface area contributed by atoms with Crippen molar-refractivity contribution in [1.82, 2.24) is 19.4 Å². The lowest BCUT2D eigenvalue weighted by atomic mass is 10.1. The Morgan fingerprint density at radius 2 is 2.03 bits per heavy atom. The molecule has 0 saturated carbocycles. The predicted octanol–water partition coefficient (Wildman–Crippen LogP) is 3.01. The van der Waals surface area contributed by atoms with E-state index in [0.717, 1.165) is 22.0 Å². The van der Waals surface area contributed by atoms with Gasteiger partial charge in [-0.2, -0.15) is 0 Å². The maximum Gasteiger partial charge on any atom is 0.331 e. The number of thiophene rings is 1. The highest BCUT2D eigenvalue weighted by Crippen LogP contribution is 2.39. The van der Waals surface area contributed by atoms with E-state index >= 15 is 0 Å². The van der Waals surface area contributed by atoms with Crippen LogP contribution in [0.25, 0.3) is 20.7 Å². The molecule has 1 saturated heterocycles. The van der Waals surface area contributed by atoms with Gasteiger partial charge in [0.2, 0.25) is 11.8 Å². The highest BCUT2D eigenvalue weighted by Gasteiger charge is 2.26. The Bertz CT molecular complexity index is 1460. The number of ether oxygens (including phenoxy) is 1. The van der Waals surface area contributed by atoms with Gasteiger partial charge in [-0.05, 0) is 31.0 Å². The lowest BCUT2D eigenvalue weighted by molar-refractivity contribution is -0.128. The average molecular weight is 537 g/mol. The van der Waals surface area contributed by atoms with Crippen LogP contribution in [0.15, 0.2) is 27.8 Å². The van der Waals surface area contributed by atoms with Gasteiger partial charge in [-0.25, -0.2) is 9.18 Å². The molecular weight excluding hydrogens is 511 g/mol. The van der Waals surface area contributed by atoms with Crippen LogP contribution in [0.1, 0.15) is 31.7 Å². The first-order valence-corrected chi connectivity index (χ1v) is 12.6. The summed E-state index contributed by atoms with van der Waals surface area (Å²) in [6.07, 6.45) is 1.16. The number of rotatable bonds is 6. The predicted molar refractivity (Wildman–Crippen MR) is 137 cm³/mol. The highest BCUT2D eigenvalue weighted by atomic mass is 35.5. The molecule has 0 radical (unpaired) electrons. The molecule has 1 aromatic carbocycles. The number of nitrogens with one attached hydrogen (secondary N) is 1. The second kappa shape index (κ2) is 10.4. The Kier molecular flexibility index (Phi) is 7.51. The molecule has 1 atom stereocenters. The van der Waals surface area contributed by atoms with Crippen molar-refractivity contribution in [1.29, 1.82) is 0 Å². The van der Waals surface area contributed by atoms with E-state index in [9.17, 15) is 23.6 Å². The van der Waals surface area contributed by atoms with Crippen molar-refractivity contribution in [3.05, 3.63) is 49.9 Å². The Morgan fingerprint density at radius 1 is 1.28 bits per heavy atom. The van der Waals surface area contributed by atoms with Crippen molar-refractivity contribution in [2.75, 3.05) is 27.7 Å². The molecule has 0 unspecified atom stereocenters. The first kappa shape index (κ1) is 25.9. The minimum absolute atomic E-state index is 0.0104. The van der Waals surface area contributed by atoms with Gasteiger partial charge in [0.15, 0.2) is 11.6 Å². The van der Waals surface area contributed by atoms with Crippen LogP contribution < -0.4 is 21.3 Å². The molecule has 1 N–H and O–H groups in total. The van der Waals surface area contributed by atoms with Gasteiger partial charge < -0.3 is 15.0 Å². The number of fused-ring (bicyclic) bond motifs is 1. The fourth-order valence-corrected chi connectivity index (χ4v) is 5.75. The van der Waals surface area contributed by atoms with Crippen LogP contribution in [-0.2, 0) is 16.1 Å². The molecule has 192 valence electrons. The van der Waals surface area contributed by atoms with Crippen molar-refractivity contribution in [3.63, 3.8) is 0 Å². The molecule has 3 heterocycles. The first-order chi connectivity index (χ1) is 17.1. The van der Waals surface area contributed by atoms with E-state index in [1.165, 1.54) is 22.6 Å². The molecule has 36 heavy (non-hydrogen) atoms. The number of benzene rings is 1. The molecule has 2 aromatic heterocycles. The van der Waals surface area contributed by atoms with Gasteiger partial charge in [-0.1, -0.05) is 11.6 Å². The number of carbonyl (C=O) groups is 2. The van der Waals surface area contributed by atoms with E-state index in [4.69, 9.17) is 16.3 Å². The summed E-state index contributed by atoms with van der Waals surface area (Å²) in [6, 6.07) is 3.61. The number of amides is 2. The number of hydrogen-bond donors (Lipinski definition) is 1. The zero-order chi connectivity index (χ0) is 26.1. The van der Waals surface area contributed by atoms with Crippen LogP contribution in [0.4, 0.5) is 4.39 Å². The summed E-state index contributed by atoms with van der Waals surface area (Å²) in [6.45, 7) is 0.522. The van der Waals surface area contributed by atoms with Gasteiger partial charge in [0.1, 0.15) is 4.70 Å². The van der Waals surface area contributed by atoms with E-state index in [1.807, 2.05) is 0 Å². The molecule has 1 aliphatic heterocycles. The fraction of sp³-hybridized carbons (Fsp3) is 0.417. The number of nitrogens with zero attached hydrogens (tertiary/aromatic N) is 3. The number of halogens is 2. The van der Waals surface area contributed by atoms with Crippen LogP contribution >= 0.6 is 22.9 Å². The maximum absolute atomic E-state index is 14.1. The van der Waals surface area contributed by atoms with E-state index in [1.54, 1.807) is 20.2 Å². The smallest absolute Gasteiger partial charge is 0.331 e. The minimum Gasteiger partial charge on any atom is -0.494 e. The van der Waals surface area contributed by atoms with Gasteiger partial charge in [0, 0.05) is 50.5 Å². The Balaban J connectivity index is 1.94. The standard InChI is InChI=1S/C24H26ClFN4O5S/c1-28(2)21(32)6-8-29-17-12-19(14-10-18(35-3)16(26)11-15(14)25)36-22(17)23(33)30(24(29)34)13-5-4-7-27-20(31)9-13/h10-13H,4-9H2,1-3H3,(H,27,31)/t13-/m1/s1. The quantitative estimate of drug-likeness (QED) is 0.522. The molecule has 2 amide bonds. The van der Waals surface area contributed by atoms with Crippen molar-refractivity contribution in [2.45, 2.75) is 38.3 Å². The molecule has 1 aliphatic rings. The van der Waals surface area contributed by atoms with Crippen LogP contribution in [0.2, 0.25) is 5.02 Å². The van der Waals surface area contributed by atoms with Crippen LogP contribution in [-0.4, -0.2) is 53.6 Å². The zero-order valence-electron chi connectivity index (χ0n) is 20.1. The third-order valence-corrected chi connectivity index (χ3v) is 7.69. The normalized spacial score (nSPS) is 16.0. The van der Waals surface area contributed by atoms with Crippen molar-refractivity contribution in [2.24, 2.45) is 0 Å². The summed E-state index contributed by atoms with van der Waals surface area (Å²) in [5, 5.41) is 2.89. The molecule has 4 rings (SSSR count). The average Bonchev–Trinajstić information content (AvgIpc) is 3.15. The summed E-state index contributed by atoms with van der Waals surface area (Å²) < 4.78 is 22.0. The zero-order valence-corrected chi connectivity index (χ0v) is 21.7. The molecule has 3 aromatic rings. The Labute approximate surface area is 215 Å². The molecule has 9 nitrogen and oxygen atoms in total. The lowest BCUT2D eigenvalue weighted by Crippen LogP contribution is -2.43. The highest BCUT2D eigenvalue weighted by molar-refractivity contribution is 7.22. The largest absolute Gasteiger partial charge is 0.494 e. The van der Waals surface area contributed by atoms with E-state index in [-0.39, 0.29) is 46.7 Å². The van der Waals surface area contributed by atoms with Gasteiger partial charge in [0.05, 0.1) is 23.7 Å². The molecule has 0 spiro atoms. The SMILES string of the molecule is COc1cc(-c2cc3c(s2)c(=O)n([C@@H]2CCCNC(=O)C2)c(=O)n3CCC(=O)N(C)C)c(Cl)cc1F. The van der Waals surface area contributed by atoms with Crippen LogP contribution in [0, 0.1) is 5.82 Å². The number of carbonyl (C=O) groups excluding carboxylic acids is 2. The van der Waals surface area contributed by atoms with E-state index in [0.29, 0.717) is 35.3 Å². The molecule has 0 bridgehead atoms. The summed E-state index contributed by atoms with van der Waals surface area (Å²) >= 11 is 7.43. The van der Waals surface area contributed by atoms with Gasteiger partial charge in [-0.15, -0.1) is 11.3 Å². The number of aryl methyl sites for hydroxylation is 1. The third kappa shape index (κ3) is 4.90. The summed E-state index contributed by atoms with van der Waals surface area (Å²) in [7, 11) is 4.58. The summed E-state index contributed by atoms with van der Waals surface area (Å²) in [5.74, 6) is -1.04. The monoisotopic (exact) mass is 536 g/mol. The first-order valence-electron chi connectivity index (χ1n) is 11.4.